The predicted molar refractivity (Wildman–Crippen MR) is 124 cm³/mol. The third-order valence-corrected chi connectivity index (χ3v) is 6.36. The molecule has 0 radical (unpaired) electrons. The number of sulfone groups is 1. The molecule has 2 aromatic rings. The first kappa shape index (κ1) is 24.2. The Kier molecular flexibility index (Phi) is 6.51. The van der Waals surface area contributed by atoms with E-state index in [-0.39, 0.29) is 17.1 Å². The van der Waals surface area contributed by atoms with E-state index in [1.807, 2.05) is 32.0 Å². The number of hydrogen-bond donors (Lipinski definition) is 2. The normalized spacial score (nSPS) is 16.9. The first-order valence-electron chi connectivity index (χ1n) is 10.3. The summed E-state index contributed by atoms with van der Waals surface area (Å²) < 4.78 is 28.9. The molecule has 0 saturated carbocycles. The Morgan fingerprint density at radius 1 is 1.12 bits per heavy atom. The summed E-state index contributed by atoms with van der Waals surface area (Å²) in [7, 11) is -3.40. The van der Waals surface area contributed by atoms with Crippen LogP contribution in [0.15, 0.2) is 41.9 Å². The quantitative estimate of drug-likeness (QED) is 0.519. The van der Waals surface area contributed by atoms with Crippen molar-refractivity contribution in [2.75, 3.05) is 11.1 Å². The molecule has 3 rings (SSSR count). The van der Waals surface area contributed by atoms with Gasteiger partial charge in [-0.05, 0) is 63.5 Å². The Morgan fingerprint density at radius 2 is 1.82 bits per heavy atom. The number of benzene rings is 1. The van der Waals surface area contributed by atoms with Gasteiger partial charge in [0.25, 0.3) is 0 Å². The molecule has 1 aromatic heterocycles. The summed E-state index contributed by atoms with van der Waals surface area (Å²) in [5.41, 5.74) is 2.07. The van der Waals surface area contributed by atoms with Crippen molar-refractivity contribution in [2.45, 2.75) is 46.3 Å². The summed E-state index contributed by atoms with van der Waals surface area (Å²) >= 11 is 0. The average molecular weight is 474 g/mol. The molecule has 1 atom stereocenters. The zero-order valence-corrected chi connectivity index (χ0v) is 19.9. The number of aromatic nitrogens is 1. The van der Waals surface area contributed by atoms with Crippen LogP contribution in [-0.2, 0) is 14.6 Å². The minimum absolute atomic E-state index is 0.0580. The van der Waals surface area contributed by atoms with Gasteiger partial charge in [-0.1, -0.05) is 18.2 Å². The van der Waals surface area contributed by atoms with Crippen LogP contribution in [0.3, 0.4) is 0 Å². The van der Waals surface area contributed by atoms with Gasteiger partial charge in [-0.25, -0.2) is 13.2 Å². The minimum atomic E-state index is -3.40. The van der Waals surface area contributed by atoms with E-state index in [9.17, 15) is 23.2 Å². The number of aryl methyl sites for hydroxylation is 2. The summed E-state index contributed by atoms with van der Waals surface area (Å²) in [5.74, 6) is -1.12. The van der Waals surface area contributed by atoms with Crippen LogP contribution in [0.2, 0.25) is 0 Å². The molecule has 2 heterocycles. The average Bonchev–Trinajstić information content (AvgIpc) is 3.00. The number of anilines is 1. The molecule has 0 spiro atoms. The highest BCUT2D eigenvalue weighted by molar-refractivity contribution is 7.94. The van der Waals surface area contributed by atoms with E-state index in [0.717, 1.165) is 22.1 Å². The molecule has 2 N–H and O–H groups in total. The predicted octanol–water partition coefficient (Wildman–Crippen LogP) is 2.99. The van der Waals surface area contributed by atoms with Gasteiger partial charge < -0.3 is 15.3 Å². The molecule has 1 aliphatic rings. The van der Waals surface area contributed by atoms with Gasteiger partial charge in [0, 0.05) is 11.0 Å². The van der Waals surface area contributed by atoms with E-state index in [0.29, 0.717) is 10.3 Å². The van der Waals surface area contributed by atoms with Crippen LogP contribution in [0.4, 0.5) is 10.5 Å². The van der Waals surface area contributed by atoms with Crippen LogP contribution in [0.25, 0.3) is 11.1 Å². The molecule has 9 nitrogen and oxygen atoms in total. The highest BCUT2D eigenvalue weighted by Gasteiger charge is 2.30. The van der Waals surface area contributed by atoms with Gasteiger partial charge in [-0.15, -0.1) is 0 Å². The molecule has 0 aliphatic carbocycles. The molecular weight excluding hydrogens is 446 g/mol. The molecular formula is C23H27N3O6S. The SMILES string of the molecule is Cc1ccc(-c2cc(NC(=O)OC(C)(C)C)c(C(=O)NC3C=CS(=O)(=O)C3)[n+]([O-])c2)cc1C. The van der Waals surface area contributed by atoms with Gasteiger partial charge in [-0.3, -0.25) is 10.1 Å². The van der Waals surface area contributed by atoms with E-state index in [1.165, 1.54) is 18.3 Å². The molecule has 0 saturated heterocycles. The number of nitrogens with zero attached hydrogens (tertiary/aromatic N) is 1. The number of carbonyl (C=O) groups is 2. The van der Waals surface area contributed by atoms with Crippen molar-refractivity contribution in [3.8, 4) is 11.1 Å². The first-order chi connectivity index (χ1) is 15.2. The summed E-state index contributed by atoms with van der Waals surface area (Å²) in [5, 5.41) is 18.9. The fraction of sp³-hybridized carbons (Fsp3) is 0.348. The molecule has 0 fully saturated rings. The van der Waals surface area contributed by atoms with E-state index in [4.69, 9.17) is 4.74 Å². The Labute approximate surface area is 193 Å². The standard InChI is InChI=1S/C23H27N3O6S/c1-14-6-7-16(10-15(14)2)17-11-19(25-22(28)32-23(3,4)5)20(26(29)12-17)21(27)24-18-8-9-33(30,31)13-18/h6-12,18H,13H2,1-5H3,(H,24,27)(H,25,28). The van der Waals surface area contributed by atoms with Crippen molar-refractivity contribution in [2.24, 2.45) is 0 Å². The Balaban J connectivity index is 2.01. The van der Waals surface area contributed by atoms with E-state index < -0.39 is 33.5 Å². The number of rotatable bonds is 4. The van der Waals surface area contributed by atoms with E-state index in [1.54, 1.807) is 20.8 Å². The van der Waals surface area contributed by atoms with Crippen molar-refractivity contribution in [1.29, 1.82) is 0 Å². The van der Waals surface area contributed by atoms with Crippen molar-refractivity contribution >= 4 is 27.5 Å². The first-order valence-corrected chi connectivity index (χ1v) is 12.0. The summed E-state index contributed by atoms with van der Waals surface area (Å²) in [4.78, 5) is 25.3. The Bertz CT molecular complexity index is 1250. The van der Waals surface area contributed by atoms with Gasteiger partial charge in [0.1, 0.15) is 11.3 Å². The van der Waals surface area contributed by atoms with Crippen molar-refractivity contribution in [1.82, 2.24) is 5.32 Å². The number of hydrogen-bond acceptors (Lipinski definition) is 6. The molecule has 2 amide bonds. The molecule has 1 aromatic carbocycles. The van der Waals surface area contributed by atoms with Crippen molar-refractivity contribution < 1.29 is 27.5 Å². The lowest BCUT2D eigenvalue weighted by atomic mass is 10.0. The zero-order chi connectivity index (χ0) is 24.6. The maximum absolute atomic E-state index is 12.9. The minimum Gasteiger partial charge on any atom is -0.618 e. The smallest absolute Gasteiger partial charge is 0.412 e. The number of pyridine rings is 1. The van der Waals surface area contributed by atoms with Gasteiger partial charge in [0.15, 0.2) is 16.0 Å². The van der Waals surface area contributed by atoms with Crippen LogP contribution < -0.4 is 15.4 Å². The topological polar surface area (TPSA) is 129 Å². The number of ether oxygens (including phenoxy) is 1. The lowest BCUT2D eigenvalue weighted by molar-refractivity contribution is -0.606. The molecule has 176 valence electrons. The third-order valence-electron chi connectivity index (χ3n) is 4.97. The second kappa shape index (κ2) is 8.86. The number of carbonyl (C=O) groups excluding carboxylic acids is 2. The maximum Gasteiger partial charge on any atom is 0.412 e. The third kappa shape index (κ3) is 6.10. The fourth-order valence-electron chi connectivity index (χ4n) is 3.28. The lowest BCUT2D eigenvalue weighted by Crippen LogP contribution is -2.44. The largest absolute Gasteiger partial charge is 0.618 e. The van der Waals surface area contributed by atoms with E-state index in [2.05, 4.69) is 10.6 Å². The number of nitrogens with one attached hydrogen (secondary N) is 2. The van der Waals surface area contributed by atoms with Crippen LogP contribution in [-0.4, -0.2) is 37.8 Å². The molecule has 33 heavy (non-hydrogen) atoms. The van der Waals surface area contributed by atoms with Crippen LogP contribution >= 0.6 is 0 Å². The summed E-state index contributed by atoms with van der Waals surface area (Å²) in [6.45, 7) is 8.97. The number of amides is 2. The molecule has 1 unspecified atom stereocenters. The Morgan fingerprint density at radius 3 is 2.39 bits per heavy atom. The second-order valence-corrected chi connectivity index (χ2v) is 10.9. The van der Waals surface area contributed by atoms with Crippen molar-refractivity contribution in [3.05, 3.63) is 64.0 Å². The van der Waals surface area contributed by atoms with Gasteiger partial charge >= 0.3 is 17.7 Å². The summed E-state index contributed by atoms with van der Waals surface area (Å²) in [6.07, 6.45) is 1.74. The molecule has 1 aliphatic heterocycles. The lowest BCUT2D eigenvalue weighted by Gasteiger charge is -2.20. The van der Waals surface area contributed by atoms with Crippen LogP contribution in [0, 0.1) is 19.1 Å². The highest BCUT2D eigenvalue weighted by atomic mass is 32.2. The maximum atomic E-state index is 12.9. The zero-order valence-electron chi connectivity index (χ0n) is 19.1. The van der Waals surface area contributed by atoms with Gasteiger partial charge in [0.05, 0.1) is 11.8 Å². The van der Waals surface area contributed by atoms with Crippen LogP contribution in [0.5, 0.6) is 0 Å². The monoisotopic (exact) mass is 473 g/mol. The molecule has 0 bridgehead atoms. The van der Waals surface area contributed by atoms with Crippen molar-refractivity contribution in [3.63, 3.8) is 0 Å². The fourth-order valence-corrected chi connectivity index (χ4v) is 4.52. The Hall–Kier alpha value is -3.40. The summed E-state index contributed by atoms with van der Waals surface area (Å²) in [6, 6.07) is 6.38. The van der Waals surface area contributed by atoms with Gasteiger partial charge in [-0.2, -0.15) is 4.73 Å². The second-order valence-electron chi connectivity index (χ2n) is 8.98. The van der Waals surface area contributed by atoms with Gasteiger partial charge in [0.2, 0.25) is 0 Å². The highest BCUT2D eigenvalue weighted by Crippen LogP contribution is 2.26. The molecule has 10 heteroatoms. The van der Waals surface area contributed by atoms with E-state index >= 15 is 0 Å². The van der Waals surface area contributed by atoms with Crippen LogP contribution in [0.1, 0.15) is 42.4 Å².